The van der Waals surface area contributed by atoms with Gasteiger partial charge in [0.15, 0.2) is 0 Å². The maximum atomic E-state index is 9.99. The van der Waals surface area contributed by atoms with Crippen LogP contribution in [0, 0.1) is 0 Å². The van der Waals surface area contributed by atoms with Crippen molar-refractivity contribution in [3.8, 4) is 0 Å². The van der Waals surface area contributed by atoms with Crippen LogP contribution in [0.1, 0.15) is 38.5 Å². The monoisotopic (exact) mass is 469 g/mol. The second kappa shape index (κ2) is 20.2. The average Bonchev–Trinajstić information content (AvgIpc) is 2.62. The summed E-state index contributed by atoms with van der Waals surface area (Å²) in [5.41, 5.74) is 15.0. The molecule has 12 N–H and O–H groups in total. The van der Waals surface area contributed by atoms with Gasteiger partial charge >= 0.3 is 35.8 Å². The van der Waals surface area contributed by atoms with Gasteiger partial charge < -0.3 is 47.8 Å². The first-order chi connectivity index (χ1) is 13.6. The molecule has 0 fully saturated rings. The van der Waals surface area contributed by atoms with Crippen LogP contribution in [0.3, 0.4) is 0 Å². The zero-order valence-corrected chi connectivity index (χ0v) is 17.3. The van der Waals surface area contributed by atoms with Crippen LogP contribution in [0.4, 0.5) is 0 Å². The average molecular weight is 469 g/mol. The minimum absolute atomic E-state index is 0. The van der Waals surface area contributed by atoms with Crippen LogP contribution >= 0.6 is 0 Å². The molecule has 0 aliphatic heterocycles. The molecule has 0 spiro atoms. The predicted molar refractivity (Wildman–Crippen MR) is 103 cm³/mol. The van der Waals surface area contributed by atoms with Crippen molar-refractivity contribution >= 4 is 46.8 Å². The highest BCUT2D eigenvalue weighted by molar-refractivity contribution is 5.76. The minimum atomic E-state index is -1.17. The fraction of sp³-hybridized carbons (Fsp3) is 0.600. The molecule has 3 atom stereocenters. The summed E-state index contributed by atoms with van der Waals surface area (Å²) in [4.78, 5) is 59.6. The Bertz CT molecular complexity index is 521. The van der Waals surface area contributed by atoms with Crippen molar-refractivity contribution < 1.29 is 59.4 Å². The second-order valence-corrected chi connectivity index (χ2v) is 5.63. The number of carboxylic acid groups (broad SMARTS) is 6. The highest BCUT2D eigenvalue weighted by Gasteiger charge is 2.13. The highest BCUT2D eigenvalue weighted by Crippen LogP contribution is 1.94. The van der Waals surface area contributed by atoms with E-state index in [1.54, 1.807) is 0 Å². The van der Waals surface area contributed by atoms with Crippen molar-refractivity contribution in [3.63, 3.8) is 0 Å². The number of rotatable bonds is 12. The Morgan fingerprint density at radius 1 is 0.484 bits per heavy atom. The van der Waals surface area contributed by atoms with Crippen molar-refractivity contribution in [1.82, 2.24) is 0 Å². The Kier molecular flexibility index (Phi) is 23.0. The molecule has 0 aromatic heterocycles. The van der Waals surface area contributed by atoms with Crippen LogP contribution < -0.4 is 17.2 Å². The molecule has 0 unspecified atom stereocenters. The molecular formula is C15H27N3O12Si. The number of hydrogen-bond donors (Lipinski definition) is 9. The van der Waals surface area contributed by atoms with Crippen LogP contribution in [0.15, 0.2) is 0 Å². The molecule has 16 heteroatoms. The van der Waals surface area contributed by atoms with Gasteiger partial charge in [-0.1, -0.05) is 0 Å². The third kappa shape index (κ3) is 29.2. The molecule has 0 bridgehead atoms. The first-order valence-electron chi connectivity index (χ1n) is 8.22. The molecule has 31 heavy (non-hydrogen) atoms. The quantitative estimate of drug-likeness (QED) is 0.132. The van der Waals surface area contributed by atoms with Gasteiger partial charge in [0.2, 0.25) is 0 Å². The van der Waals surface area contributed by atoms with Crippen LogP contribution in [0.2, 0.25) is 0 Å². The molecule has 4 radical (unpaired) electrons. The smallest absolute Gasteiger partial charge is 0.320 e. The Labute approximate surface area is 180 Å². The summed E-state index contributed by atoms with van der Waals surface area (Å²) in [5.74, 6) is -6.59. The van der Waals surface area contributed by atoms with Crippen LogP contribution in [-0.2, 0) is 28.8 Å². The van der Waals surface area contributed by atoms with Gasteiger partial charge in [0.1, 0.15) is 18.1 Å². The lowest BCUT2D eigenvalue weighted by Crippen LogP contribution is -2.30. The number of aliphatic carboxylic acids is 6. The molecule has 15 nitrogen and oxygen atoms in total. The summed E-state index contributed by atoms with van der Waals surface area (Å²) in [7, 11) is 0. The summed E-state index contributed by atoms with van der Waals surface area (Å²) < 4.78 is 0. The maximum absolute atomic E-state index is 9.99. The van der Waals surface area contributed by atoms with Crippen molar-refractivity contribution in [3.05, 3.63) is 0 Å². The van der Waals surface area contributed by atoms with Gasteiger partial charge in [0.25, 0.3) is 0 Å². The SMILES string of the molecule is N[C@@H](CCC(=O)O)C(=O)O.N[C@@H](CCC(=O)O)C(=O)O.N[C@@H](CCC(=O)O)C(=O)O.[Si]. The third-order valence-corrected chi connectivity index (χ3v) is 2.96. The lowest BCUT2D eigenvalue weighted by molar-refractivity contribution is -0.141. The number of carbonyl (C=O) groups is 6. The summed E-state index contributed by atoms with van der Waals surface area (Å²) in [6.45, 7) is 0. The Morgan fingerprint density at radius 2 is 0.645 bits per heavy atom. The first-order valence-corrected chi connectivity index (χ1v) is 8.22. The zero-order valence-electron chi connectivity index (χ0n) is 16.3. The lowest BCUT2D eigenvalue weighted by Gasteiger charge is -2.01. The van der Waals surface area contributed by atoms with E-state index in [1.807, 2.05) is 0 Å². The van der Waals surface area contributed by atoms with Gasteiger partial charge in [-0.25, -0.2) is 0 Å². The normalized spacial score (nSPS) is 12.1. The molecule has 0 aromatic rings. The largest absolute Gasteiger partial charge is 0.481 e. The molecule has 0 heterocycles. The molecule has 0 saturated carbocycles. The van der Waals surface area contributed by atoms with Gasteiger partial charge in [0.05, 0.1) is 0 Å². The van der Waals surface area contributed by atoms with Gasteiger partial charge in [-0.3, -0.25) is 28.8 Å². The van der Waals surface area contributed by atoms with Crippen molar-refractivity contribution in [2.24, 2.45) is 17.2 Å². The molecule has 0 saturated heterocycles. The minimum Gasteiger partial charge on any atom is -0.481 e. The van der Waals surface area contributed by atoms with Gasteiger partial charge in [-0.05, 0) is 19.3 Å². The summed E-state index contributed by atoms with van der Waals surface area (Å²) in [6.07, 6.45) is -0.672. The van der Waals surface area contributed by atoms with Gasteiger partial charge in [-0.2, -0.15) is 0 Å². The number of carboxylic acids is 6. The Balaban J connectivity index is -0.000000174. The number of hydrogen-bond acceptors (Lipinski definition) is 9. The predicted octanol–water partition coefficient (Wildman–Crippen LogP) is -2.59. The van der Waals surface area contributed by atoms with E-state index in [0.29, 0.717) is 0 Å². The van der Waals surface area contributed by atoms with Crippen molar-refractivity contribution in [1.29, 1.82) is 0 Å². The van der Waals surface area contributed by atoms with Crippen LogP contribution in [0.5, 0.6) is 0 Å². The standard InChI is InChI=1S/3C5H9NO4.Si/c3*6-3(5(9)10)1-2-4(7)8;/h3*3H,1-2,6H2,(H,7,8)(H,9,10);/t3*3-;/m000./s1. The molecule has 0 amide bonds. The Hall–Kier alpha value is -3.08. The van der Waals surface area contributed by atoms with E-state index in [0.717, 1.165) is 0 Å². The third-order valence-electron chi connectivity index (χ3n) is 2.96. The molecule has 0 aliphatic rings. The van der Waals surface area contributed by atoms with Crippen molar-refractivity contribution in [2.75, 3.05) is 0 Å². The molecular weight excluding hydrogens is 442 g/mol. The van der Waals surface area contributed by atoms with E-state index < -0.39 is 53.9 Å². The van der Waals surface area contributed by atoms with Gasteiger partial charge in [0, 0.05) is 30.2 Å². The fourth-order valence-corrected chi connectivity index (χ4v) is 1.21. The second-order valence-electron chi connectivity index (χ2n) is 5.63. The zero-order chi connectivity index (χ0) is 24.4. The first kappa shape index (κ1) is 35.4. The van der Waals surface area contributed by atoms with E-state index in [2.05, 4.69) is 0 Å². The summed E-state index contributed by atoms with van der Waals surface area (Å²) >= 11 is 0. The van der Waals surface area contributed by atoms with Crippen LogP contribution in [0.25, 0.3) is 0 Å². The van der Waals surface area contributed by atoms with E-state index in [-0.39, 0.29) is 49.5 Å². The molecule has 0 rings (SSSR count). The Morgan fingerprint density at radius 3 is 0.742 bits per heavy atom. The summed E-state index contributed by atoms with van der Waals surface area (Å²) in [6, 6.07) is -3.18. The fourth-order valence-electron chi connectivity index (χ4n) is 1.21. The van der Waals surface area contributed by atoms with E-state index in [4.69, 9.17) is 47.8 Å². The highest BCUT2D eigenvalue weighted by atomic mass is 28.1. The topological polar surface area (TPSA) is 302 Å². The maximum Gasteiger partial charge on any atom is 0.320 e. The molecule has 0 aromatic carbocycles. The van der Waals surface area contributed by atoms with Crippen LogP contribution in [-0.4, -0.2) is 95.5 Å². The van der Waals surface area contributed by atoms with E-state index >= 15 is 0 Å². The van der Waals surface area contributed by atoms with E-state index in [9.17, 15) is 28.8 Å². The summed E-state index contributed by atoms with van der Waals surface area (Å²) in [5, 5.41) is 48.8. The van der Waals surface area contributed by atoms with Crippen molar-refractivity contribution in [2.45, 2.75) is 56.7 Å². The lowest BCUT2D eigenvalue weighted by atomic mass is 10.2. The number of nitrogens with two attached hydrogens (primary N) is 3. The van der Waals surface area contributed by atoms with E-state index in [1.165, 1.54) is 0 Å². The molecule has 178 valence electrons. The molecule has 0 aliphatic carbocycles. The van der Waals surface area contributed by atoms with Gasteiger partial charge in [-0.15, -0.1) is 0 Å².